The molecule has 74 valence electrons. The zero-order valence-electron chi connectivity index (χ0n) is 8.13. The maximum atomic E-state index is 11.3. The number of hydrogen-bond donors (Lipinski definition) is 0. The summed E-state index contributed by atoms with van der Waals surface area (Å²) in [4.78, 5) is 11.3. The molecule has 2 nitrogen and oxygen atoms in total. The average Bonchev–Trinajstić information content (AvgIpc) is 2.19. The molecule has 0 radical (unpaired) electrons. The topological polar surface area (TPSA) is 26.3 Å². The number of rotatable bonds is 1. The molecule has 0 spiro atoms. The minimum Gasteiger partial charge on any atom is -0.378 e. The maximum absolute atomic E-state index is 11.3. The summed E-state index contributed by atoms with van der Waals surface area (Å²) in [6.45, 7) is 0.912. The molecule has 2 heteroatoms. The van der Waals surface area contributed by atoms with Crippen LogP contribution in [0.2, 0.25) is 0 Å². The number of Topliss-reactive ketones (excluding diaryl/α,β-unsaturated/α-hetero) is 1. The first-order valence-corrected chi connectivity index (χ1v) is 5.49. The van der Waals surface area contributed by atoms with E-state index in [1.54, 1.807) is 0 Å². The van der Waals surface area contributed by atoms with Crippen LogP contribution >= 0.6 is 0 Å². The number of ether oxygens (including phenoxy) is 1. The van der Waals surface area contributed by atoms with Crippen LogP contribution in [0.5, 0.6) is 0 Å². The number of hydrogen-bond acceptors (Lipinski definition) is 2. The molecule has 0 bridgehead atoms. The third kappa shape index (κ3) is 2.31. The molecule has 1 saturated heterocycles. The van der Waals surface area contributed by atoms with Crippen LogP contribution in [-0.4, -0.2) is 18.5 Å². The molecule has 0 aromatic heterocycles. The summed E-state index contributed by atoms with van der Waals surface area (Å²) in [6.07, 6.45) is 7.95. The second-order valence-electron chi connectivity index (χ2n) is 4.30. The zero-order chi connectivity index (χ0) is 9.10. The van der Waals surface area contributed by atoms with E-state index >= 15 is 0 Å². The lowest BCUT2D eigenvalue weighted by Crippen LogP contribution is -2.31. The quantitative estimate of drug-likeness (QED) is 0.622. The summed E-state index contributed by atoms with van der Waals surface area (Å²) in [5.74, 6) is 0.993. The first kappa shape index (κ1) is 9.20. The van der Waals surface area contributed by atoms with Crippen molar-refractivity contribution in [2.75, 3.05) is 6.61 Å². The Hall–Kier alpha value is -0.370. The van der Waals surface area contributed by atoms with E-state index in [-0.39, 0.29) is 0 Å². The van der Waals surface area contributed by atoms with Crippen molar-refractivity contribution in [3.05, 3.63) is 0 Å². The molecule has 0 aromatic rings. The van der Waals surface area contributed by atoms with Gasteiger partial charge in [0.25, 0.3) is 0 Å². The van der Waals surface area contributed by atoms with Gasteiger partial charge in [-0.1, -0.05) is 0 Å². The van der Waals surface area contributed by atoms with Gasteiger partial charge in [-0.2, -0.15) is 0 Å². The van der Waals surface area contributed by atoms with E-state index in [2.05, 4.69) is 0 Å². The van der Waals surface area contributed by atoms with Crippen LogP contribution in [-0.2, 0) is 9.53 Å². The smallest absolute Gasteiger partial charge is 0.133 e. The van der Waals surface area contributed by atoms with Crippen LogP contribution in [0.25, 0.3) is 0 Å². The van der Waals surface area contributed by atoms with Gasteiger partial charge in [0, 0.05) is 19.4 Å². The molecule has 0 amide bonds. The molecule has 1 saturated carbocycles. The lowest BCUT2D eigenvalue weighted by molar-refractivity contribution is -0.124. The molecule has 2 fully saturated rings. The van der Waals surface area contributed by atoms with Gasteiger partial charge in [0.15, 0.2) is 0 Å². The molecule has 2 aliphatic rings. The van der Waals surface area contributed by atoms with Gasteiger partial charge in [-0.15, -0.1) is 0 Å². The largest absolute Gasteiger partial charge is 0.378 e. The van der Waals surface area contributed by atoms with Gasteiger partial charge in [0.1, 0.15) is 5.78 Å². The van der Waals surface area contributed by atoms with E-state index < -0.39 is 0 Å². The predicted octanol–water partition coefficient (Wildman–Crippen LogP) is 2.31. The summed E-state index contributed by atoms with van der Waals surface area (Å²) in [7, 11) is 0. The van der Waals surface area contributed by atoms with Crippen molar-refractivity contribution in [2.45, 2.75) is 51.0 Å². The molecule has 0 aromatic carbocycles. The highest BCUT2D eigenvalue weighted by molar-refractivity contribution is 5.79. The molecular weight excluding hydrogens is 164 g/mol. The number of carbonyl (C=O) groups is 1. The van der Waals surface area contributed by atoms with Crippen molar-refractivity contribution < 1.29 is 9.53 Å². The fourth-order valence-electron chi connectivity index (χ4n) is 2.51. The van der Waals surface area contributed by atoms with E-state index in [1.165, 1.54) is 25.7 Å². The number of carbonyl (C=O) groups excluding carboxylic acids is 1. The standard InChI is InChI=1S/C11H18O2/c12-10-5-3-4-9(8-10)11-6-1-2-7-13-11/h9,11H,1-8H2. The highest BCUT2D eigenvalue weighted by atomic mass is 16.5. The van der Waals surface area contributed by atoms with Crippen LogP contribution in [0.15, 0.2) is 0 Å². The fourth-order valence-corrected chi connectivity index (χ4v) is 2.51. The van der Waals surface area contributed by atoms with Crippen molar-refractivity contribution in [3.63, 3.8) is 0 Å². The van der Waals surface area contributed by atoms with Gasteiger partial charge in [0.2, 0.25) is 0 Å². The molecule has 2 atom stereocenters. The van der Waals surface area contributed by atoms with E-state index in [1.807, 2.05) is 0 Å². The van der Waals surface area contributed by atoms with Crippen molar-refractivity contribution in [3.8, 4) is 0 Å². The van der Waals surface area contributed by atoms with Crippen LogP contribution in [0.4, 0.5) is 0 Å². The van der Waals surface area contributed by atoms with Crippen LogP contribution in [0.3, 0.4) is 0 Å². The highest BCUT2D eigenvalue weighted by Crippen LogP contribution is 2.30. The van der Waals surface area contributed by atoms with Gasteiger partial charge >= 0.3 is 0 Å². The van der Waals surface area contributed by atoms with Crippen molar-refractivity contribution in [2.24, 2.45) is 5.92 Å². The molecule has 1 aliphatic heterocycles. The van der Waals surface area contributed by atoms with Crippen molar-refractivity contribution in [1.82, 2.24) is 0 Å². The monoisotopic (exact) mass is 182 g/mol. The predicted molar refractivity (Wildman–Crippen MR) is 50.6 cm³/mol. The molecule has 2 unspecified atom stereocenters. The minimum absolute atomic E-state index is 0.401. The average molecular weight is 182 g/mol. The Morgan fingerprint density at radius 1 is 1.15 bits per heavy atom. The lowest BCUT2D eigenvalue weighted by atomic mass is 9.82. The van der Waals surface area contributed by atoms with E-state index in [9.17, 15) is 4.79 Å². The van der Waals surface area contributed by atoms with Crippen LogP contribution in [0.1, 0.15) is 44.9 Å². The Balaban J connectivity index is 1.87. The molecule has 13 heavy (non-hydrogen) atoms. The SMILES string of the molecule is O=C1CCCC(C2CCCCO2)C1. The van der Waals surface area contributed by atoms with Gasteiger partial charge in [-0.05, 0) is 38.0 Å². The minimum atomic E-state index is 0.401. The molecule has 1 aliphatic carbocycles. The lowest BCUT2D eigenvalue weighted by Gasteiger charge is -2.32. The second-order valence-corrected chi connectivity index (χ2v) is 4.30. The summed E-state index contributed by atoms with van der Waals surface area (Å²) in [5, 5.41) is 0. The molecule has 1 heterocycles. The van der Waals surface area contributed by atoms with Gasteiger partial charge < -0.3 is 4.74 Å². The van der Waals surface area contributed by atoms with Crippen LogP contribution < -0.4 is 0 Å². The van der Waals surface area contributed by atoms with Gasteiger partial charge in [-0.25, -0.2) is 0 Å². The van der Waals surface area contributed by atoms with Crippen molar-refractivity contribution in [1.29, 1.82) is 0 Å². The molecule has 2 rings (SSSR count). The van der Waals surface area contributed by atoms with Gasteiger partial charge in [-0.3, -0.25) is 4.79 Å². The van der Waals surface area contributed by atoms with E-state index in [0.29, 0.717) is 17.8 Å². The third-order valence-electron chi connectivity index (χ3n) is 3.26. The Labute approximate surface area is 79.7 Å². The first-order valence-electron chi connectivity index (χ1n) is 5.49. The number of ketones is 1. The first-order chi connectivity index (χ1) is 6.36. The fraction of sp³-hybridized carbons (Fsp3) is 0.909. The normalized spacial score (nSPS) is 36.2. The highest BCUT2D eigenvalue weighted by Gasteiger charge is 2.28. The molecule has 0 N–H and O–H groups in total. The summed E-state index contributed by atoms with van der Waals surface area (Å²) in [6, 6.07) is 0. The Morgan fingerprint density at radius 2 is 2.08 bits per heavy atom. The zero-order valence-corrected chi connectivity index (χ0v) is 8.13. The Kier molecular flexibility index (Phi) is 2.99. The Morgan fingerprint density at radius 3 is 2.77 bits per heavy atom. The summed E-state index contributed by atoms with van der Waals surface area (Å²) >= 11 is 0. The second kappa shape index (κ2) is 4.23. The van der Waals surface area contributed by atoms with E-state index in [4.69, 9.17) is 4.74 Å². The third-order valence-corrected chi connectivity index (χ3v) is 3.26. The summed E-state index contributed by atoms with van der Waals surface area (Å²) in [5.41, 5.74) is 0. The van der Waals surface area contributed by atoms with E-state index in [0.717, 1.165) is 25.9 Å². The summed E-state index contributed by atoms with van der Waals surface area (Å²) < 4.78 is 5.71. The van der Waals surface area contributed by atoms with Crippen molar-refractivity contribution >= 4 is 5.78 Å². The van der Waals surface area contributed by atoms with Gasteiger partial charge in [0.05, 0.1) is 6.10 Å². The molecular formula is C11H18O2. The Bertz CT molecular complexity index is 183. The van der Waals surface area contributed by atoms with Crippen LogP contribution in [0, 0.1) is 5.92 Å². The maximum Gasteiger partial charge on any atom is 0.133 e.